The minimum atomic E-state index is -0.829. The Morgan fingerprint density at radius 1 is 1.45 bits per heavy atom. The molecule has 20 heavy (non-hydrogen) atoms. The van der Waals surface area contributed by atoms with Crippen LogP contribution in [0, 0.1) is 0 Å². The van der Waals surface area contributed by atoms with Gasteiger partial charge in [0.15, 0.2) is 0 Å². The second kappa shape index (κ2) is 8.60. The predicted octanol–water partition coefficient (Wildman–Crippen LogP) is 2.37. The van der Waals surface area contributed by atoms with Crippen molar-refractivity contribution in [3.63, 3.8) is 0 Å². The number of nitrogens with one attached hydrogen (secondary N) is 1. The second-order valence-electron chi connectivity index (χ2n) is 4.17. The predicted molar refractivity (Wildman–Crippen MR) is 80.0 cm³/mol. The van der Waals surface area contributed by atoms with E-state index in [2.05, 4.69) is 5.32 Å². The van der Waals surface area contributed by atoms with Gasteiger partial charge in [-0.2, -0.15) is 0 Å². The lowest BCUT2D eigenvalue weighted by Crippen LogP contribution is -2.27. The molecule has 0 aromatic heterocycles. The molecule has 1 unspecified atom stereocenters. The molecule has 0 saturated heterocycles. The number of amides is 1. The number of aliphatic carboxylic acids is 1. The Labute approximate surface area is 122 Å². The lowest BCUT2D eigenvalue weighted by atomic mass is 10.2. The summed E-state index contributed by atoms with van der Waals surface area (Å²) in [6, 6.07) is 7.36. The van der Waals surface area contributed by atoms with E-state index in [-0.39, 0.29) is 11.7 Å². The van der Waals surface area contributed by atoms with E-state index in [1.165, 1.54) is 11.8 Å². The second-order valence-corrected chi connectivity index (χ2v) is 5.16. The number of carbonyl (C=O) groups excluding carboxylic acids is 1. The Morgan fingerprint density at radius 3 is 2.85 bits per heavy atom. The average Bonchev–Trinajstić information content (AvgIpc) is 2.39. The molecule has 1 rings (SSSR count). The fraction of sp³-hybridized carbons (Fsp3) is 0.429. The number of anilines is 1. The molecule has 0 bridgehead atoms. The summed E-state index contributed by atoms with van der Waals surface area (Å²) in [4.78, 5) is 22.2. The van der Waals surface area contributed by atoms with Crippen molar-refractivity contribution in [1.82, 2.24) is 0 Å². The highest BCUT2D eigenvalue weighted by atomic mass is 32.2. The molecular formula is C14H19NO4S. The van der Waals surface area contributed by atoms with Gasteiger partial charge in [-0.05, 0) is 31.5 Å². The first-order valence-corrected chi connectivity index (χ1v) is 7.49. The lowest BCUT2D eigenvalue weighted by Gasteiger charge is -2.12. The van der Waals surface area contributed by atoms with Crippen molar-refractivity contribution < 1.29 is 19.4 Å². The van der Waals surface area contributed by atoms with E-state index < -0.39 is 12.1 Å². The highest BCUT2D eigenvalue weighted by Crippen LogP contribution is 2.16. The van der Waals surface area contributed by atoms with Gasteiger partial charge in [0.25, 0.3) is 5.91 Å². The molecule has 110 valence electrons. The fourth-order valence-corrected chi connectivity index (χ4v) is 2.26. The Hall–Kier alpha value is -1.53. The average molecular weight is 297 g/mol. The minimum absolute atomic E-state index is 0.0674. The smallest absolute Gasteiger partial charge is 0.313 e. The highest BCUT2D eigenvalue weighted by Gasteiger charge is 2.12. The van der Waals surface area contributed by atoms with E-state index >= 15 is 0 Å². The van der Waals surface area contributed by atoms with Crippen LogP contribution in [0.3, 0.4) is 0 Å². The van der Waals surface area contributed by atoms with Crippen molar-refractivity contribution in [2.75, 3.05) is 17.7 Å². The normalized spacial score (nSPS) is 11.9. The van der Waals surface area contributed by atoms with Crippen molar-refractivity contribution in [3.05, 3.63) is 29.8 Å². The zero-order chi connectivity index (χ0) is 15.0. The van der Waals surface area contributed by atoms with Gasteiger partial charge in [-0.3, -0.25) is 9.59 Å². The van der Waals surface area contributed by atoms with Crippen LogP contribution in [0.15, 0.2) is 24.3 Å². The van der Waals surface area contributed by atoms with Crippen LogP contribution < -0.4 is 5.32 Å². The van der Waals surface area contributed by atoms with E-state index in [0.717, 1.165) is 5.56 Å². The number of hydrogen-bond donors (Lipinski definition) is 2. The molecule has 0 saturated carbocycles. The number of carbonyl (C=O) groups is 2. The summed E-state index contributed by atoms with van der Waals surface area (Å²) in [7, 11) is 0. The monoisotopic (exact) mass is 297 g/mol. The summed E-state index contributed by atoms with van der Waals surface area (Å²) < 4.78 is 5.22. The van der Waals surface area contributed by atoms with Crippen LogP contribution >= 0.6 is 11.8 Å². The maximum absolute atomic E-state index is 11.8. The van der Waals surface area contributed by atoms with Crippen LogP contribution in [0.25, 0.3) is 0 Å². The molecule has 1 aromatic carbocycles. The van der Waals surface area contributed by atoms with Gasteiger partial charge in [0.2, 0.25) is 0 Å². The van der Waals surface area contributed by atoms with Gasteiger partial charge in [0, 0.05) is 18.0 Å². The summed E-state index contributed by atoms with van der Waals surface area (Å²) in [6.07, 6.45) is -0.495. The third-order valence-corrected chi connectivity index (χ3v) is 3.46. The number of carboxylic acids is 1. The van der Waals surface area contributed by atoms with Crippen molar-refractivity contribution in [3.8, 4) is 0 Å². The number of rotatable bonds is 8. The van der Waals surface area contributed by atoms with E-state index in [1.807, 2.05) is 25.1 Å². The Bertz CT molecular complexity index is 464. The van der Waals surface area contributed by atoms with Gasteiger partial charge < -0.3 is 15.2 Å². The van der Waals surface area contributed by atoms with E-state index in [4.69, 9.17) is 9.84 Å². The standard InChI is InChI=1S/C14H19NO4S/c1-3-19-10(2)14(18)15-12-6-4-5-11(7-12)8-20-9-13(16)17/h4-7,10H,3,8-9H2,1-2H3,(H,15,18)(H,16,17). The number of hydrogen-bond acceptors (Lipinski definition) is 4. The minimum Gasteiger partial charge on any atom is -0.481 e. The molecule has 1 aromatic rings. The quantitative estimate of drug-likeness (QED) is 0.770. The Kier molecular flexibility index (Phi) is 7.11. The highest BCUT2D eigenvalue weighted by molar-refractivity contribution is 7.99. The third kappa shape index (κ3) is 6.08. The Balaban J connectivity index is 2.54. The maximum atomic E-state index is 11.8. The largest absolute Gasteiger partial charge is 0.481 e. The molecule has 0 aliphatic rings. The SMILES string of the molecule is CCOC(C)C(=O)Nc1cccc(CSCC(=O)O)c1. The first kappa shape index (κ1) is 16.5. The zero-order valence-electron chi connectivity index (χ0n) is 11.6. The molecular weight excluding hydrogens is 278 g/mol. The van der Waals surface area contributed by atoms with Gasteiger partial charge in [-0.1, -0.05) is 12.1 Å². The van der Waals surface area contributed by atoms with Gasteiger partial charge in [0.1, 0.15) is 6.10 Å². The fourth-order valence-electron chi connectivity index (χ4n) is 1.56. The molecule has 1 atom stereocenters. The summed E-state index contributed by atoms with van der Waals surface area (Å²) in [6.45, 7) is 4.02. The number of carboxylic acid groups (broad SMARTS) is 1. The van der Waals surface area contributed by atoms with Gasteiger partial charge in [0.05, 0.1) is 5.75 Å². The lowest BCUT2D eigenvalue weighted by molar-refractivity contribution is -0.134. The van der Waals surface area contributed by atoms with Gasteiger partial charge in [-0.25, -0.2) is 0 Å². The van der Waals surface area contributed by atoms with Crippen molar-refractivity contribution >= 4 is 29.3 Å². The van der Waals surface area contributed by atoms with E-state index in [9.17, 15) is 9.59 Å². The molecule has 0 radical (unpaired) electrons. The van der Waals surface area contributed by atoms with Crippen molar-refractivity contribution in [2.45, 2.75) is 25.7 Å². The molecule has 0 aliphatic carbocycles. The van der Waals surface area contributed by atoms with E-state index in [1.54, 1.807) is 13.0 Å². The number of benzene rings is 1. The van der Waals surface area contributed by atoms with Crippen LogP contribution in [-0.2, 0) is 20.1 Å². The molecule has 1 amide bonds. The molecule has 5 nitrogen and oxygen atoms in total. The van der Waals surface area contributed by atoms with Crippen LogP contribution in [0.1, 0.15) is 19.4 Å². The number of thioether (sulfide) groups is 1. The Morgan fingerprint density at radius 2 is 2.20 bits per heavy atom. The van der Waals surface area contributed by atoms with Crippen LogP contribution in [0.5, 0.6) is 0 Å². The first-order valence-electron chi connectivity index (χ1n) is 6.34. The summed E-state index contributed by atoms with van der Waals surface area (Å²) in [5.41, 5.74) is 1.66. The summed E-state index contributed by atoms with van der Waals surface area (Å²) >= 11 is 1.32. The van der Waals surface area contributed by atoms with Crippen LogP contribution in [0.4, 0.5) is 5.69 Å². The molecule has 0 fully saturated rings. The van der Waals surface area contributed by atoms with Gasteiger partial charge >= 0.3 is 5.97 Å². The van der Waals surface area contributed by atoms with Crippen molar-refractivity contribution in [1.29, 1.82) is 0 Å². The molecule has 0 aliphatic heterocycles. The topological polar surface area (TPSA) is 75.6 Å². The summed E-state index contributed by atoms with van der Waals surface area (Å²) in [5, 5.41) is 11.4. The maximum Gasteiger partial charge on any atom is 0.313 e. The molecule has 2 N–H and O–H groups in total. The number of ether oxygens (including phenoxy) is 1. The third-order valence-electron chi connectivity index (χ3n) is 2.47. The first-order chi connectivity index (χ1) is 9.52. The van der Waals surface area contributed by atoms with Crippen molar-refractivity contribution in [2.24, 2.45) is 0 Å². The molecule has 6 heteroatoms. The van der Waals surface area contributed by atoms with Crippen LogP contribution in [-0.4, -0.2) is 35.4 Å². The van der Waals surface area contributed by atoms with Crippen LogP contribution in [0.2, 0.25) is 0 Å². The molecule has 0 spiro atoms. The summed E-state index contributed by atoms with van der Waals surface area (Å²) in [5.74, 6) is -0.359. The van der Waals surface area contributed by atoms with E-state index in [0.29, 0.717) is 18.0 Å². The zero-order valence-corrected chi connectivity index (χ0v) is 12.4. The van der Waals surface area contributed by atoms with Gasteiger partial charge in [-0.15, -0.1) is 11.8 Å². The molecule has 0 heterocycles.